The highest BCUT2D eigenvalue weighted by atomic mass is 16.6. The molecule has 24 heavy (non-hydrogen) atoms. The van der Waals surface area contributed by atoms with E-state index in [-0.39, 0.29) is 12.2 Å². The lowest BCUT2D eigenvalue weighted by atomic mass is 10.1. The van der Waals surface area contributed by atoms with Crippen LogP contribution in [0.2, 0.25) is 0 Å². The molecule has 11 heteroatoms. The molecule has 0 saturated carbocycles. The molecule has 1 unspecified atom stereocenters. The number of benzene rings is 1. The van der Waals surface area contributed by atoms with Gasteiger partial charge in [-0.25, -0.2) is 4.68 Å². The average molecular weight is 335 g/mol. The Bertz CT molecular complexity index is 718. The first-order valence-corrected chi connectivity index (χ1v) is 7.07. The average Bonchev–Trinajstić information content (AvgIpc) is 3.03. The van der Waals surface area contributed by atoms with Crippen molar-refractivity contribution in [2.45, 2.75) is 12.6 Å². The van der Waals surface area contributed by atoms with Crippen molar-refractivity contribution in [3.63, 3.8) is 0 Å². The Morgan fingerprint density at radius 2 is 2.33 bits per heavy atom. The van der Waals surface area contributed by atoms with E-state index in [0.29, 0.717) is 24.5 Å². The molecule has 1 aromatic heterocycles. The van der Waals surface area contributed by atoms with Crippen LogP contribution in [0.25, 0.3) is 0 Å². The van der Waals surface area contributed by atoms with E-state index >= 15 is 0 Å². The van der Waals surface area contributed by atoms with Gasteiger partial charge in [0.05, 0.1) is 18.1 Å². The van der Waals surface area contributed by atoms with Crippen LogP contribution in [0.15, 0.2) is 24.3 Å². The number of esters is 1. The standard InChI is InChI=1S/C13H17N7O4/c1-24-11(21)8-19-13(16-17-18-19)12(15-6-5-14)9-3-2-4-10(7-9)20(22)23/h2-4,7,12,15H,5-6,8,14H2,1H3. The van der Waals surface area contributed by atoms with E-state index in [1.807, 2.05) is 0 Å². The molecule has 11 nitrogen and oxygen atoms in total. The fourth-order valence-corrected chi connectivity index (χ4v) is 2.12. The lowest BCUT2D eigenvalue weighted by Crippen LogP contribution is -2.31. The highest BCUT2D eigenvalue weighted by molar-refractivity contribution is 5.68. The van der Waals surface area contributed by atoms with Crippen LogP contribution in [0.5, 0.6) is 0 Å². The summed E-state index contributed by atoms with van der Waals surface area (Å²) in [5.41, 5.74) is 6.05. The van der Waals surface area contributed by atoms with Crippen molar-refractivity contribution in [2.24, 2.45) is 5.73 Å². The summed E-state index contributed by atoms with van der Waals surface area (Å²) in [6.07, 6.45) is 0. The van der Waals surface area contributed by atoms with Crippen LogP contribution in [0.3, 0.4) is 0 Å². The number of rotatable bonds is 8. The molecule has 0 aliphatic heterocycles. The van der Waals surface area contributed by atoms with Gasteiger partial charge in [0, 0.05) is 25.2 Å². The molecular weight excluding hydrogens is 318 g/mol. The molecule has 0 aliphatic rings. The maximum absolute atomic E-state index is 11.5. The Balaban J connectivity index is 2.39. The number of nitro groups is 1. The molecular formula is C13H17N7O4. The van der Waals surface area contributed by atoms with Gasteiger partial charge in [0.2, 0.25) is 0 Å². The van der Waals surface area contributed by atoms with E-state index in [4.69, 9.17) is 5.73 Å². The van der Waals surface area contributed by atoms with Crippen LogP contribution in [0.1, 0.15) is 17.4 Å². The minimum atomic E-state index is -0.562. The number of hydrogen-bond donors (Lipinski definition) is 2. The van der Waals surface area contributed by atoms with E-state index in [1.165, 1.54) is 23.9 Å². The first kappa shape index (κ1) is 17.4. The molecule has 0 saturated heterocycles. The topological polar surface area (TPSA) is 151 Å². The number of carbonyl (C=O) groups is 1. The number of nitrogens with one attached hydrogen (secondary N) is 1. The third-order valence-electron chi connectivity index (χ3n) is 3.23. The van der Waals surface area contributed by atoms with E-state index < -0.39 is 16.9 Å². The highest BCUT2D eigenvalue weighted by Crippen LogP contribution is 2.23. The number of carbonyl (C=O) groups excluding carboxylic acids is 1. The molecule has 1 atom stereocenters. The number of nitrogens with two attached hydrogens (primary N) is 1. The van der Waals surface area contributed by atoms with Gasteiger partial charge in [-0.1, -0.05) is 12.1 Å². The first-order valence-electron chi connectivity index (χ1n) is 7.07. The van der Waals surface area contributed by atoms with Crippen molar-refractivity contribution in [1.82, 2.24) is 25.5 Å². The number of ether oxygens (including phenoxy) is 1. The number of nitrogens with zero attached hydrogens (tertiary/aromatic N) is 5. The molecule has 0 spiro atoms. The zero-order valence-electron chi connectivity index (χ0n) is 13.0. The van der Waals surface area contributed by atoms with Gasteiger partial charge in [0.15, 0.2) is 5.82 Å². The zero-order valence-corrected chi connectivity index (χ0v) is 13.0. The lowest BCUT2D eigenvalue weighted by molar-refractivity contribution is -0.384. The zero-order chi connectivity index (χ0) is 17.5. The van der Waals surface area contributed by atoms with Crippen LogP contribution in [0, 0.1) is 10.1 Å². The number of aromatic nitrogens is 4. The SMILES string of the molecule is COC(=O)Cn1nnnc1C(NCCN)c1cccc([N+](=O)[O-])c1. The minimum absolute atomic E-state index is 0.0564. The van der Waals surface area contributed by atoms with Gasteiger partial charge < -0.3 is 15.8 Å². The predicted octanol–water partition coefficient (Wildman–Crippen LogP) is -0.608. The number of non-ortho nitro benzene ring substituents is 1. The molecule has 2 rings (SSSR count). The Labute approximate surface area is 136 Å². The largest absolute Gasteiger partial charge is 0.468 e. The van der Waals surface area contributed by atoms with Gasteiger partial charge in [-0.2, -0.15) is 0 Å². The summed E-state index contributed by atoms with van der Waals surface area (Å²) >= 11 is 0. The molecule has 2 aromatic rings. The normalized spacial score (nSPS) is 11.9. The Kier molecular flexibility index (Phi) is 5.87. The quantitative estimate of drug-likeness (QED) is 0.365. The van der Waals surface area contributed by atoms with Crippen LogP contribution in [-0.2, 0) is 16.1 Å². The van der Waals surface area contributed by atoms with E-state index in [9.17, 15) is 14.9 Å². The molecule has 0 amide bonds. The lowest BCUT2D eigenvalue weighted by Gasteiger charge is -2.18. The summed E-state index contributed by atoms with van der Waals surface area (Å²) in [6, 6.07) is 5.53. The maximum atomic E-state index is 11.5. The first-order chi connectivity index (χ1) is 11.6. The molecule has 0 radical (unpaired) electrons. The number of tetrazole rings is 1. The van der Waals surface area contributed by atoms with E-state index in [0.717, 1.165) is 0 Å². The van der Waals surface area contributed by atoms with Gasteiger partial charge in [0.1, 0.15) is 6.54 Å². The predicted molar refractivity (Wildman–Crippen MR) is 81.8 cm³/mol. The van der Waals surface area contributed by atoms with Gasteiger partial charge >= 0.3 is 5.97 Å². The fraction of sp³-hybridized carbons (Fsp3) is 0.385. The van der Waals surface area contributed by atoms with Crippen LogP contribution >= 0.6 is 0 Å². The maximum Gasteiger partial charge on any atom is 0.327 e. The number of hydrogen-bond acceptors (Lipinski definition) is 9. The molecule has 1 heterocycles. The van der Waals surface area contributed by atoms with Crippen molar-refractivity contribution in [1.29, 1.82) is 0 Å². The van der Waals surface area contributed by atoms with Crippen molar-refractivity contribution in [3.8, 4) is 0 Å². The van der Waals surface area contributed by atoms with Gasteiger partial charge in [-0.3, -0.25) is 14.9 Å². The number of methoxy groups -OCH3 is 1. The van der Waals surface area contributed by atoms with Crippen molar-refractivity contribution in [3.05, 3.63) is 45.8 Å². The molecule has 128 valence electrons. The molecule has 0 fully saturated rings. The summed E-state index contributed by atoms with van der Waals surface area (Å²) in [6.45, 7) is 0.608. The number of nitro benzene ring substituents is 1. The second kappa shape index (κ2) is 8.08. The Morgan fingerprint density at radius 3 is 3.00 bits per heavy atom. The highest BCUT2D eigenvalue weighted by Gasteiger charge is 2.23. The summed E-state index contributed by atoms with van der Waals surface area (Å²) in [4.78, 5) is 22.0. The fourth-order valence-electron chi connectivity index (χ4n) is 2.12. The smallest absolute Gasteiger partial charge is 0.327 e. The summed E-state index contributed by atoms with van der Waals surface area (Å²) in [5, 5.41) is 25.4. The van der Waals surface area contributed by atoms with Crippen LogP contribution in [-0.4, -0.2) is 51.3 Å². The Morgan fingerprint density at radius 1 is 1.54 bits per heavy atom. The van der Waals surface area contributed by atoms with Gasteiger partial charge in [-0.15, -0.1) is 5.10 Å². The van der Waals surface area contributed by atoms with Gasteiger partial charge in [-0.05, 0) is 16.0 Å². The van der Waals surface area contributed by atoms with Crippen molar-refractivity contribution >= 4 is 11.7 Å². The molecule has 3 N–H and O–H groups in total. The molecule has 0 bridgehead atoms. The molecule has 0 aliphatic carbocycles. The third-order valence-corrected chi connectivity index (χ3v) is 3.23. The van der Waals surface area contributed by atoms with E-state index in [1.54, 1.807) is 12.1 Å². The Hall–Kier alpha value is -2.92. The van der Waals surface area contributed by atoms with Gasteiger partial charge in [0.25, 0.3) is 5.69 Å². The third kappa shape index (κ3) is 4.08. The summed E-state index contributed by atoms with van der Waals surface area (Å²) < 4.78 is 5.89. The minimum Gasteiger partial charge on any atom is -0.468 e. The second-order valence-corrected chi connectivity index (χ2v) is 4.80. The van der Waals surface area contributed by atoms with Crippen molar-refractivity contribution < 1.29 is 14.5 Å². The second-order valence-electron chi connectivity index (χ2n) is 4.80. The van der Waals surface area contributed by atoms with E-state index in [2.05, 4.69) is 25.6 Å². The van der Waals surface area contributed by atoms with Crippen LogP contribution in [0.4, 0.5) is 5.69 Å². The molecule has 1 aromatic carbocycles. The summed E-state index contributed by atoms with van der Waals surface area (Å²) in [7, 11) is 1.26. The summed E-state index contributed by atoms with van der Waals surface area (Å²) in [5.74, 6) is -0.186. The van der Waals surface area contributed by atoms with Crippen molar-refractivity contribution in [2.75, 3.05) is 20.2 Å². The van der Waals surface area contributed by atoms with Crippen LogP contribution < -0.4 is 11.1 Å². The monoisotopic (exact) mass is 335 g/mol.